The molecule has 5 nitrogen and oxygen atoms in total. The number of nitrogens with one attached hydrogen (secondary N) is 2. The average molecular weight is 342 g/mol. The number of urea groups is 1. The minimum Gasteiger partial charge on any atom is -0.493 e. The molecule has 0 aromatic heterocycles. The highest BCUT2D eigenvalue weighted by Crippen LogP contribution is 2.28. The second-order valence-corrected chi connectivity index (χ2v) is 5.85. The van der Waals surface area contributed by atoms with Crippen LogP contribution in [-0.4, -0.2) is 26.3 Å². The van der Waals surface area contributed by atoms with E-state index in [0.717, 1.165) is 22.6 Å². The third-order valence-electron chi connectivity index (χ3n) is 3.99. The van der Waals surface area contributed by atoms with Crippen LogP contribution in [0.5, 0.6) is 11.5 Å². The van der Waals surface area contributed by atoms with E-state index < -0.39 is 0 Å². The molecule has 2 amide bonds. The maximum atomic E-state index is 12.0. The molecule has 2 aromatic rings. The van der Waals surface area contributed by atoms with Crippen molar-refractivity contribution in [1.29, 1.82) is 0 Å². The molecule has 134 valence electrons. The normalized spacial score (nSPS) is 10.2. The first-order valence-corrected chi connectivity index (χ1v) is 8.45. The van der Waals surface area contributed by atoms with E-state index in [-0.39, 0.29) is 6.03 Å². The van der Waals surface area contributed by atoms with Gasteiger partial charge in [0, 0.05) is 12.2 Å². The zero-order valence-electron chi connectivity index (χ0n) is 15.3. The lowest BCUT2D eigenvalue weighted by Gasteiger charge is -2.12. The van der Waals surface area contributed by atoms with Gasteiger partial charge in [0.15, 0.2) is 11.5 Å². The lowest BCUT2D eigenvalue weighted by Crippen LogP contribution is -2.30. The Morgan fingerprint density at radius 1 is 1.04 bits per heavy atom. The van der Waals surface area contributed by atoms with Crippen molar-refractivity contribution in [3.8, 4) is 11.5 Å². The van der Waals surface area contributed by atoms with E-state index in [4.69, 9.17) is 9.47 Å². The maximum Gasteiger partial charge on any atom is 0.319 e. The molecule has 0 bridgehead atoms. The van der Waals surface area contributed by atoms with Crippen LogP contribution in [0.3, 0.4) is 0 Å². The Kier molecular flexibility index (Phi) is 6.69. The fraction of sp³-hybridized carbons (Fsp3) is 0.350. The molecule has 0 aliphatic heterocycles. The quantitative estimate of drug-likeness (QED) is 0.797. The molecule has 2 N–H and O–H groups in total. The predicted octanol–water partition coefficient (Wildman–Crippen LogP) is 4.07. The lowest BCUT2D eigenvalue weighted by atomic mass is 10.1. The monoisotopic (exact) mass is 342 g/mol. The van der Waals surface area contributed by atoms with Crippen LogP contribution in [0.15, 0.2) is 36.4 Å². The topological polar surface area (TPSA) is 59.6 Å². The fourth-order valence-corrected chi connectivity index (χ4v) is 2.46. The summed E-state index contributed by atoms with van der Waals surface area (Å²) in [6, 6.07) is 11.5. The first-order chi connectivity index (χ1) is 12.0. The molecule has 0 spiro atoms. The van der Waals surface area contributed by atoms with Gasteiger partial charge in [0.2, 0.25) is 0 Å². The van der Waals surface area contributed by atoms with Crippen molar-refractivity contribution in [2.45, 2.75) is 27.2 Å². The molecule has 0 heterocycles. The molecule has 0 fully saturated rings. The average Bonchev–Trinajstić information content (AvgIpc) is 2.59. The molecule has 0 unspecified atom stereocenters. The van der Waals surface area contributed by atoms with Crippen LogP contribution in [0.25, 0.3) is 0 Å². The van der Waals surface area contributed by atoms with E-state index in [9.17, 15) is 4.79 Å². The van der Waals surface area contributed by atoms with Crippen molar-refractivity contribution in [3.63, 3.8) is 0 Å². The Bertz CT molecular complexity index is 729. The summed E-state index contributed by atoms with van der Waals surface area (Å²) in [5.74, 6) is 1.44. The van der Waals surface area contributed by atoms with Gasteiger partial charge in [0.25, 0.3) is 0 Å². The summed E-state index contributed by atoms with van der Waals surface area (Å²) in [4.78, 5) is 12.0. The number of carbonyl (C=O) groups excluding carboxylic acids is 1. The Labute approximate surface area is 149 Å². The van der Waals surface area contributed by atoms with Crippen molar-refractivity contribution in [2.75, 3.05) is 25.6 Å². The number of rotatable bonds is 7. The van der Waals surface area contributed by atoms with Crippen LogP contribution < -0.4 is 20.1 Å². The summed E-state index contributed by atoms with van der Waals surface area (Å²) in [6.45, 7) is 7.14. The number of ether oxygens (including phenoxy) is 2. The molecular formula is C20H26N2O3. The summed E-state index contributed by atoms with van der Waals surface area (Å²) in [5, 5.41) is 5.72. The van der Waals surface area contributed by atoms with Crippen molar-refractivity contribution < 1.29 is 14.3 Å². The smallest absolute Gasteiger partial charge is 0.319 e. The first kappa shape index (κ1) is 18.6. The van der Waals surface area contributed by atoms with Crippen molar-refractivity contribution in [2.24, 2.45) is 0 Å². The molecule has 2 rings (SSSR count). The zero-order chi connectivity index (χ0) is 18.2. The molecule has 0 aliphatic carbocycles. The third kappa shape index (κ3) is 5.41. The van der Waals surface area contributed by atoms with E-state index in [1.54, 1.807) is 7.11 Å². The first-order valence-electron chi connectivity index (χ1n) is 8.45. The number of hydrogen-bond donors (Lipinski definition) is 2. The summed E-state index contributed by atoms with van der Waals surface area (Å²) in [7, 11) is 1.62. The zero-order valence-corrected chi connectivity index (χ0v) is 15.3. The van der Waals surface area contributed by atoms with Gasteiger partial charge in [-0.15, -0.1) is 0 Å². The van der Waals surface area contributed by atoms with E-state index in [1.165, 1.54) is 5.56 Å². The summed E-state index contributed by atoms with van der Waals surface area (Å²) < 4.78 is 10.8. The molecule has 25 heavy (non-hydrogen) atoms. The summed E-state index contributed by atoms with van der Waals surface area (Å²) in [6.07, 6.45) is 0.711. The van der Waals surface area contributed by atoms with Gasteiger partial charge >= 0.3 is 6.03 Å². The maximum absolute atomic E-state index is 12.0. The number of methoxy groups -OCH3 is 1. The van der Waals surface area contributed by atoms with Gasteiger partial charge in [0.1, 0.15) is 0 Å². The number of anilines is 1. The van der Waals surface area contributed by atoms with Crippen LogP contribution in [0.4, 0.5) is 10.5 Å². The van der Waals surface area contributed by atoms with Crippen molar-refractivity contribution in [1.82, 2.24) is 5.32 Å². The fourth-order valence-electron chi connectivity index (χ4n) is 2.46. The molecule has 0 radical (unpaired) electrons. The van der Waals surface area contributed by atoms with Gasteiger partial charge in [-0.2, -0.15) is 0 Å². The number of aryl methyl sites for hydroxylation is 2. The second kappa shape index (κ2) is 8.97. The summed E-state index contributed by atoms with van der Waals surface area (Å²) >= 11 is 0. The standard InChI is InChI=1S/C20H26N2O3/c1-5-25-18-9-7-16(13-19(18)24-4)10-11-21-20(23)22-17-8-6-14(2)15(3)12-17/h6-9,12-13H,5,10-11H2,1-4H3,(H2,21,22,23). The van der Waals surface area contributed by atoms with Crippen LogP contribution in [0.2, 0.25) is 0 Å². The summed E-state index contributed by atoms with van der Waals surface area (Å²) in [5.41, 5.74) is 4.23. The molecule has 2 aromatic carbocycles. The third-order valence-corrected chi connectivity index (χ3v) is 3.99. The van der Waals surface area contributed by atoms with E-state index in [0.29, 0.717) is 25.3 Å². The van der Waals surface area contributed by atoms with Crippen LogP contribution in [0.1, 0.15) is 23.6 Å². The van der Waals surface area contributed by atoms with Gasteiger partial charge < -0.3 is 20.1 Å². The largest absolute Gasteiger partial charge is 0.493 e. The highest BCUT2D eigenvalue weighted by Gasteiger charge is 2.06. The number of amides is 2. The van der Waals surface area contributed by atoms with Gasteiger partial charge in [-0.1, -0.05) is 12.1 Å². The Balaban J connectivity index is 1.85. The van der Waals surface area contributed by atoms with Crippen molar-refractivity contribution >= 4 is 11.7 Å². The second-order valence-electron chi connectivity index (χ2n) is 5.85. The molecular weight excluding hydrogens is 316 g/mol. The van der Waals surface area contributed by atoms with Gasteiger partial charge in [-0.3, -0.25) is 0 Å². The molecule has 5 heteroatoms. The highest BCUT2D eigenvalue weighted by molar-refractivity contribution is 5.89. The highest BCUT2D eigenvalue weighted by atomic mass is 16.5. The lowest BCUT2D eigenvalue weighted by molar-refractivity contribution is 0.252. The van der Waals surface area contributed by atoms with Crippen LogP contribution in [0, 0.1) is 13.8 Å². The number of hydrogen-bond acceptors (Lipinski definition) is 3. The molecule has 0 aliphatic rings. The van der Waals surface area contributed by atoms with Gasteiger partial charge in [-0.25, -0.2) is 4.79 Å². The molecule has 0 saturated heterocycles. The van der Waals surface area contributed by atoms with Gasteiger partial charge in [0.05, 0.1) is 13.7 Å². The molecule has 0 atom stereocenters. The molecule has 0 saturated carbocycles. The van der Waals surface area contributed by atoms with E-state index in [2.05, 4.69) is 10.6 Å². The Morgan fingerprint density at radius 2 is 1.84 bits per heavy atom. The Morgan fingerprint density at radius 3 is 2.52 bits per heavy atom. The Hall–Kier alpha value is -2.69. The van der Waals surface area contributed by atoms with Crippen LogP contribution >= 0.6 is 0 Å². The SMILES string of the molecule is CCOc1ccc(CCNC(=O)Nc2ccc(C)c(C)c2)cc1OC. The number of carbonyl (C=O) groups is 1. The van der Waals surface area contributed by atoms with E-state index in [1.807, 2.05) is 57.2 Å². The van der Waals surface area contributed by atoms with Gasteiger partial charge in [-0.05, 0) is 68.1 Å². The van der Waals surface area contributed by atoms with Crippen molar-refractivity contribution in [3.05, 3.63) is 53.1 Å². The minimum atomic E-state index is -0.207. The van der Waals surface area contributed by atoms with Crippen LogP contribution in [-0.2, 0) is 6.42 Å². The number of benzene rings is 2. The minimum absolute atomic E-state index is 0.207. The van der Waals surface area contributed by atoms with E-state index >= 15 is 0 Å². The predicted molar refractivity (Wildman–Crippen MR) is 101 cm³/mol.